The Bertz CT molecular complexity index is 703. The van der Waals surface area contributed by atoms with Crippen molar-refractivity contribution in [3.8, 4) is 0 Å². The summed E-state index contributed by atoms with van der Waals surface area (Å²) in [5.41, 5.74) is 0.859. The summed E-state index contributed by atoms with van der Waals surface area (Å²) in [6, 6.07) is 11.7. The normalized spacial score (nSPS) is 17.0. The predicted molar refractivity (Wildman–Crippen MR) is 84.4 cm³/mol. The fourth-order valence-electron chi connectivity index (χ4n) is 2.61. The van der Waals surface area contributed by atoms with Gasteiger partial charge in [-0.25, -0.2) is 4.79 Å². The predicted octanol–water partition coefficient (Wildman–Crippen LogP) is 1.78. The van der Waals surface area contributed by atoms with Crippen LogP contribution in [0, 0.1) is 0 Å². The fraction of sp³-hybridized carbons (Fsp3) is 0.250. The van der Waals surface area contributed by atoms with E-state index in [1.165, 1.54) is 0 Å². The number of aromatic nitrogens is 2. The summed E-state index contributed by atoms with van der Waals surface area (Å²) in [5, 5.41) is 19.8. The van der Waals surface area contributed by atoms with Gasteiger partial charge >= 0.3 is 5.97 Å². The van der Waals surface area contributed by atoms with Crippen molar-refractivity contribution in [2.24, 2.45) is 0 Å². The van der Waals surface area contributed by atoms with E-state index < -0.39 is 12.0 Å². The van der Waals surface area contributed by atoms with Crippen molar-refractivity contribution < 1.29 is 14.7 Å². The number of aliphatic carboxylic acids is 1. The second kappa shape index (κ2) is 6.43. The highest BCUT2D eigenvalue weighted by molar-refractivity contribution is 6.02. The van der Waals surface area contributed by atoms with E-state index in [1.807, 2.05) is 18.2 Å². The third-order valence-corrected chi connectivity index (χ3v) is 3.75. The molecule has 1 aromatic carbocycles. The first-order chi connectivity index (χ1) is 11.1. The van der Waals surface area contributed by atoms with E-state index in [0.29, 0.717) is 24.5 Å². The number of carbonyl (C=O) groups excluding carboxylic acids is 1. The molecule has 0 spiro atoms. The van der Waals surface area contributed by atoms with Crippen LogP contribution < -0.4 is 10.2 Å². The lowest BCUT2D eigenvalue weighted by Gasteiger charge is -2.21. The van der Waals surface area contributed by atoms with Crippen LogP contribution in [-0.4, -0.2) is 39.8 Å². The van der Waals surface area contributed by atoms with Gasteiger partial charge in [-0.05, 0) is 37.1 Å². The van der Waals surface area contributed by atoms with Crippen LogP contribution in [0.5, 0.6) is 0 Å². The van der Waals surface area contributed by atoms with Crippen LogP contribution in [0.25, 0.3) is 0 Å². The van der Waals surface area contributed by atoms with Crippen molar-refractivity contribution in [3.63, 3.8) is 0 Å². The maximum absolute atomic E-state index is 12.1. The molecule has 0 bridgehead atoms. The average Bonchev–Trinajstić information content (AvgIpc) is 3.06. The molecule has 0 radical (unpaired) electrons. The van der Waals surface area contributed by atoms with Crippen LogP contribution in [-0.2, 0) is 4.79 Å². The summed E-state index contributed by atoms with van der Waals surface area (Å²) in [4.78, 5) is 25.0. The van der Waals surface area contributed by atoms with Crippen LogP contribution in [0.15, 0.2) is 42.5 Å². The van der Waals surface area contributed by atoms with E-state index in [-0.39, 0.29) is 11.6 Å². The summed E-state index contributed by atoms with van der Waals surface area (Å²) in [6.45, 7) is 0.626. The monoisotopic (exact) mass is 312 g/mol. The highest BCUT2D eigenvalue weighted by Gasteiger charge is 2.31. The highest BCUT2D eigenvalue weighted by Crippen LogP contribution is 2.23. The molecular formula is C16H16N4O3. The Hall–Kier alpha value is -2.96. The highest BCUT2D eigenvalue weighted by atomic mass is 16.4. The zero-order valence-electron chi connectivity index (χ0n) is 12.3. The Balaban J connectivity index is 1.72. The molecule has 1 saturated heterocycles. The lowest BCUT2D eigenvalue weighted by Crippen LogP contribution is -2.36. The minimum Gasteiger partial charge on any atom is -0.480 e. The van der Waals surface area contributed by atoms with Gasteiger partial charge < -0.3 is 15.3 Å². The number of amides is 1. The average molecular weight is 312 g/mol. The van der Waals surface area contributed by atoms with Crippen LogP contribution in [0.1, 0.15) is 23.3 Å². The van der Waals surface area contributed by atoms with Crippen LogP contribution in [0.3, 0.4) is 0 Å². The fourth-order valence-corrected chi connectivity index (χ4v) is 2.61. The molecule has 0 aliphatic carbocycles. The quantitative estimate of drug-likeness (QED) is 0.893. The number of nitrogens with one attached hydrogen (secondary N) is 1. The van der Waals surface area contributed by atoms with E-state index in [1.54, 1.807) is 29.2 Å². The van der Waals surface area contributed by atoms with Gasteiger partial charge in [0.15, 0.2) is 11.5 Å². The smallest absolute Gasteiger partial charge is 0.326 e. The summed E-state index contributed by atoms with van der Waals surface area (Å²) in [6.07, 6.45) is 1.39. The summed E-state index contributed by atoms with van der Waals surface area (Å²) in [5.74, 6) is -0.743. The summed E-state index contributed by atoms with van der Waals surface area (Å²) >= 11 is 0. The number of carboxylic acids is 1. The maximum atomic E-state index is 12.1. The Morgan fingerprint density at radius 3 is 2.57 bits per heavy atom. The number of hydrogen-bond donors (Lipinski definition) is 2. The maximum Gasteiger partial charge on any atom is 0.326 e. The second-order valence-electron chi connectivity index (χ2n) is 5.29. The van der Waals surface area contributed by atoms with Crippen molar-refractivity contribution in [2.45, 2.75) is 18.9 Å². The molecule has 1 aliphatic heterocycles. The van der Waals surface area contributed by atoms with E-state index in [0.717, 1.165) is 6.42 Å². The third-order valence-electron chi connectivity index (χ3n) is 3.75. The Morgan fingerprint density at radius 2 is 1.91 bits per heavy atom. The summed E-state index contributed by atoms with van der Waals surface area (Å²) in [7, 11) is 0. The van der Waals surface area contributed by atoms with Crippen molar-refractivity contribution in [3.05, 3.63) is 48.2 Å². The van der Waals surface area contributed by atoms with Crippen LogP contribution in [0.4, 0.5) is 11.5 Å². The topological polar surface area (TPSA) is 95.4 Å². The molecule has 1 fully saturated rings. The van der Waals surface area contributed by atoms with Crippen molar-refractivity contribution in [1.82, 2.24) is 10.2 Å². The molecule has 2 heterocycles. The van der Waals surface area contributed by atoms with E-state index in [2.05, 4.69) is 15.5 Å². The van der Waals surface area contributed by atoms with Gasteiger partial charge in [-0.1, -0.05) is 18.2 Å². The molecule has 3 rings (SSSR count). The molecule has 1 atom stereocenters. The number of benzene rings is 1. The third kappa shape index (κ3) is 3.28. The van der Waals surface area contributed by atoms with Crippen LogP contribution >= 0.6 is 0 Å². The first kappa shape index (κ1) is 15.0. The Labute approximate surface area is 133 Å². The molecule has 1 aliphatic rings. The molecule has 0 unspecified atom stereocenters. The largest absolute Gasteiger partial charge is 0.480 e. The SMILES string of the molecule is O=C(Nc1ccccc1)c1ccc(N2CCC[C@H]2C(=O)O)nn1. The molecule has 7 heteroatoms. The van der Waals surface area contributed by atoms with E-state index >= 15 is 0 Å². The number of hydrogen-bond acceptors (Lipinski definition) is 5. The van der Waals surface area contributed by atoms with E-state index in [9.17, 15) is 14.7 Å². The molecular weight excluding hydrogens is 296 g/mol. The Kier molecular flexibility index (Phi) is 4.18. The first-order valence-corrected chi connectivity index (χ1v) is 7.35. The van der Waals surface area contributed by atoms with Gasteiger partial charge in [0.25, 0.3) is 5.91 Å². The van der Waals surface area contributed by atoms with Crippen LogP contribution in [0.2, 0.25) is 0 Å². The second-order valence-corrected chi connectivity index (χ2v) is 5.29. The molecule has 0 saturated carbocycles. The zero-order chi connectivity index (χ0) is 16.2. The van der Waals surface area contributed by atoms with Crippen molar-refractivity contribution in [1.29, 1.82) is 0 Å². The van der Waals surface area contributed by atoms with Gasteiger partial charge in [0.1, 0.15) is 6.04 Å². The number of rotatable bonds is 4. The molecule has 2 N–H and O–H groups in total. The van der Waals surface area contributed by atoms with Crippen molar-refractivity contribution >= 4 is 23.4 Å². The number of carbonyl (C=O) groups is 2. The zero-order valence-corrected chi connectivity index (χ0v) is 12.3. The van der Waals surface area contributed by atoms with Gasteiger partial charge in [-0.3, -0.25) is 4.79 Å². The van der Waals surface area contributed by atoms with Gasteiger partial charge in [0.2, 0.25) is 0 Å². The summed E-state index contributed by atoms with van der Waals surface area (Å²) < 4.78 is 0. The minimum absolute atomic E-state index is 0.184. The molecule has 118 valence electrons. The standard InChI is InChI=1S/C16H16N4O3/c21-15(17-11-5-2-1-3-6-11)12-8-9-14(19-18-12)20-10-4-7-13(20)16(22)23/h1-3,5-6,8-9,13H,4,7,10H2,(H,17,21)(H,22,23)/t13-/m0/s1. The molecule has 2 aromatic rings. The Morgan fingerprint density at radius 1 is 1.13 bits per heavy atom. The number of nitrogens with zero attached hydrogens (tertiary/aromatic N) is 3. The number of anilines is 2. The molecule has 7 nitrogen and oxygen atoms in total. The van der Waals surface area contributed by atoms with Gasteiger partial charge in [0.05, 0.1) is 0 Å². The van der Waals surface area contributed by atoms with Gasteiger partial charge in [0, 0.05) is 12.2 Å². The molecule has 23 heavy (non-hydrogen) atoms. The molecule has 1 amide bonds. The lowest BCUT2D eigenvalue weighted by atomic mass is 10.2. The van der Waals surface area contributed by atoms with Gasteiger partial charge in [-0.2, -0.15) is 0 Å². The molecule has 1 aromatic heterocycles. The van der Waals surface area contributed by atoms with Crippen molar-refractivity contribution in [2.75, 3.05) is 16.8 Å². The van der Waals surface area contributed by atoms with Gasteiger partial charge in [-0.15, -0.1) is 10.2 Å². The minimum atomic E-state index is -0.866. The van der Waals surface area contributed by atoms with E-state index in [4.69, 9.17) is 0 Å². The lowest BCUT2D eigenvalue weighted by molar-refractivity contribution is -0.138. The first-order valence-electron chi connectivity index (χ1n) is 7.35. The number of carboxylic acid groups (broad SMARTS) is 1. The number of para-hydroxylation sites is 1.